The van der Waals surface area contributed by atoms with Crippen LogP contribution in [0.3, 0.4) is 0 Å². The predicted molar refractivity (Wildman–Crippen MR) is 135 cm³/mol. The van der Waals surface area contributed by atoms with Crippen molar-refractivity contribution in [2.24, 2.45) is 5.73 Å². The molecule has 1 saturated heterocycles. The third-order valence-corrected chi connectivity index (χ3v) is 6.20. The minimum atomic E-state index is -3.65. The van der Waals surface area contributed by atoms with Crippen molar-refractivity contribution < 1.29 is 27.8 Å². The number of alkyl halides is 2. The molecule has 4 N–H and O–H groups in total. The first-order valence-electron chi connectivity index (χ1n) is 11.5. The molecule has 37 heavy (non-hydrogen) atoms. The molecular formula is C25H29ClF3N5O3. The smallest absolute Gasteiger partial charge is 0.317 e. The molecule has 1 unspecified atom stereocenters. The number of urea groups is 1. The number of amides is 2. The van der Waals surface area contributed by atoms with E-state index >= 15 is 0 Å². The molecule has 1 aliphatic rings. The average molecular weight is 540 g/mol. The zero-order valence-electron chi connectivity index (χ0n) is 20.2. The van der Waals surface area contributed by atoms with Crippen molar-refractivity contribution in [3.05, 3.63) is 76.7 Å². The summed E-state index contributed by atoms with van der Waals surface area (Å²) in [5.74, 6) is -3.44. The third-order valence-electron chi connectivity index (χ3n) is 5.84. The van der Waals surface area contributed by atoms with Crippen LogP contribution in [-0.2, 0) is 10.7 Å². The zero-order valence-corrected chi connectivity index (χ0v) is 21.0. The summed E-state index contributed by atoms with van der Waals surface area (Å²) in [5.41, 5.74) is 5.80. The van der Waals surface area contributed by atoms with Crippen LogP contribution in [0.5, 0.6) is 0 Å². The van der Waals surface area contributed by atoms with E-state index in [0.29, 0.717) is 11.6 Å². The molecule has 0 saturated carbocycles. The highest BCUT2D eigenvalue weighted by molar-refractivity contribution is 6.34. The summed E-state index contributed by atoms with van der Waals surface area (Å²) < 4.78 is 46.2. The Morgan fingerprint density at radius 3 is 2.51 bits per heavy atom. The van der Waals surface area contributed by atoms with Gasteiger partial charge in [0.05, 0.1) is 12.3 Å². The van der Waals surface area contributed by atoms with Crippen LogP contribution in [0.1, 0.15) is 23.6 Å². The number of aromatic nitrogens is 2. The van der Waals surface area contributed by atoms with Crippen LogP contribution >= 0.6 is 11.6 Å². The maximum atomic E-state index is 13.6. The van der Waals surface area contributed by atoms with Gasteiger partial charge in [0.25, 0.3) is 0 Å². The lowest BCUT2D eigenvalue weighted by Crippen LogP contribution is -2.24. The Hall–Kier alpha value is -3.12. The number of halogens is 4. The standard InChI is InChI=1S/C13H18FNO.C12H11ClF2N4O2/c1-16-9-8-15-7-6-12(10-15)11-2-4-13(14)5-3-11;13-8-9(12(14,15)6-20)18-19(10(8)17-11(16)21)7-4-2-1-3-5-7/h2-5,12H,6-10H2,1H3;1-5,20H,6H2,(H3,16,17,21). The van der Waals surface area contributed by atoms with Gasteiger partial charge in [-0.1, -0.05) is 41.9 Å². The highest BCUT2D eigenvalue weighted by Gasteiger charge is 2.39. The molecule has 0 aliphatic carbocycles. The van der Waals surface area contributed by atoms with Crippen molar-refractivity contribution in [3.8, 4) is 5.69 Å². The highest BCUT2D eigenvalue weighted by Crippen LogP contribution is 2.37. The number of nitrogens with one attached hydrogen (secondary N) is 1. The predicted octanol–water partition coefficient (Wildman–Crippen LogP) is 4.36. The summed E-state index contributed by atoms with van der Waals surface area (Å²) >= 11 is 5.84. The van der Waals surface area contributed by atoms with Crippen molar-refractivity contribution in [1.82, 2.24) is 14.7 Å². The number of benzene rings is 2. The Balaban J connectivity index is 0.000000213. The van der Waals surface area contributed by atoms with E-state index in [4.69, 9.17) is 27.2 Å². The van der Waals surface area contributed by atoms with Crippen LogP contribution in [0.4, 0.5) is 23.8 Å². The first-order chi connectivity index (χ1) is 17.7. The van der Waals surface area contributed by atoms with Crippen molar-refractivity contribution in [1.29, 1.82) is 0 Å². The summed E-state index contributed by atoms with van der Waals surface area (Å²) in [6.45, 7) is 2.50. The van der Waals surface area contributed by atoms with Crippen molar-refractivity contribution in [3.63, 3.8) is 0 Å². The summed E-state index contributed by atoms with van der Waals surface area (Å²) in [6.07, 6.45) is 1.16. The molecule has 1 aromatic heterocycles. The van der Waals surface area contributed by atoms with Crippen LogP contribution in [0, 0.1) is 5.82 Å². The molecule has 4 rings (SSSR count). The van der Waals surface area contributed by atoms with Gasteiger partial charge in [-0.3, -0.25) is 5.32 Å². The number of primary amides is 1. The number of aliphatic hydroxyl groups excluding tert-OH is 1. The Bertz CT molecular complexity index is 1160. The van der Waals surface area contributed by atoms with E-state index in [1.165, 1.54) is 5.56 Å². The van der Waals surface area contributed by atoms with E-state index in [0.717, 1.165) is 37.3 Å². The second-order valence-corrected chi connectivity index (χ2v) is 8.82. The van der Waals surface area contributed by atoms with E-state index in [1.807, 2.05) is 12.1 Å². The molecule has 0 radical (unpaired) electrons. The van der Waals surface area contributed by atoms with Gasteiger partial charge in [-0.25, -0.2) is 13.9 Å². The quantitative estimate of drug-likeness (QED) is 0.394. The molecular weight excluding hydrogens is 511 g/mol. The molecule has 2 heterocycles. The second-order valence-electron chi connectivity index (χ2n) is 8.44. The number of hydrogen-bond acceptors (Lipinski definition) is 5. The maximum absolute atomic E-state index is 13.6. The van der Waals surface area contributed by atoms with E-state index in [-0.39, 0.29) is 11.6 Å². The number of likely N-dealkylation sites (tertiary alicyclic amines) is 1. The summed E-state index contributed by atoms with van der Waals surface area (Å²) in [6, 6.07) is 14.1. The molecule has 3 aromatic rings. The van der Waals surface area contributed by atoms with E-state index < -0.39 is 29.3 Å². The molecule has 0 bridgehead atoms. The van der Waals surface area contributed by atoms with Gasteiger partial charge in [-0.05, 0) is 48.7 Å². The lowest BCUT2D eigenvalue weighted by Gasteiger charge is -2.15. The fourth-order valence-corrected chi connectivity index (χ4v) is 4.25. The molecule has 1 fully saturated rings. The molecule has 1 atom stereocenters. The first kappa shape index (κ1) is 28.5. The van der Waals surface area contributed by atoms with E-state index in [1.54, 1.807) is 49.6 Å². The molecule has 2 amide bonds. The van der Waals surface area contributed by atoms with Gasteiger partial charge in [0.1, 0.15) is 17.4 Å². The Morgan fingerprint density at radius 2 is 1.92 bits per heavy atom. The number of nitrogens with two attached hydrogens (primary N) is 1. The number of nitrogens with zero attached hydrogens (tertiary/aromatic N) is 3. The number of anilines is 1. The number of aliphatic hydroxyl groups is 1. The van der Waals surface area contributed by atoms with Crippen molar-refractivity contribution in [2.75, 3.05) is 45.3 Å². The third kappa shape index (κ3) is 7.45. The molecule has 12 heteroatoms. The fourth-order valence-electron chi connectivity index (χ4n) is 3.95. The van der Waals surface area contributed by atoms with Crippen LogP contribution in [0.2, 0.25) is 5.02 Å². The number of carbonyl (C=O) groups is 1. The Labute approximate surface area is 217 Å². The number of para-hydroxylation sites is 1. The molecule has 8 nitrogen and oxygen atoms in total. The lowest BCUT2D eigenvalue weighted by atomic mass is 9.99. The number of hydrogen-bond donors (Lipinski definition) is 3. The minimum Gasteiger partial charge on any atom is -0.390 e. The topological polar surface area (TPSA) is 106 Å². The first-order valence-corrected chi connectivity index (χ1v) is 11.9. The van der Waals surface area contributed by atoms with Gasteiger partial charge < -0.3 is 20.5 Å². The normalized spacial score (nSPS) is 15.8. The summed E-state index contributed by atoms with van der Waals surface area (Å²) in [5, 5.41) is 14.1. The molecule has 1 aliphatic heterocycles. The molecule has 2 aromatic carbocycles. The Morgan fingerprint density at radius 1 is 1.24 bits per heavy atom. The second kappa shape index (κ2) is 12.9. The van der Waals surface area contributed by atoms with Gasteiger partial charge in [0, 0.05) is 20.2 Å². The van der Waals surface area contributed by atoms with Crippen LogP contribution in [-0.4, -0.2) is 65.8 Å². The Kier molecular flexibility index (Phi) is 9.93. The van der Waals surface area contributed by atoms with Crippen LogP contribution in [0.15, 0.2) is 54.6 Å². The average Bonchev–Trinajstić information content (AvgIpc) is 3.49. The van der Waals surface area contributed by atoms with Gasteiger partial charge in [0.2, 0.25) is 0 Å². The summed E-state index contributed by atoms with van der Waals surface area (Å²) in [7, 11) is 1.73. The number of methoxy groups -OCH3 is 1. The largest absolute Gasteiger partial charge is 0.390 e. The SMILES string of the molecule is COCCN1CCC(c2ccc(F)cc2)C1.NC(=O)Nc1c(Cl)c(C(F)(F)CO)nn1-c1ccccc1. The number of rotatable bonds is 8. The van der Waals surface area contributed by atoms with Crippen LogP contribution < -0.4 is 11.1 Å². The highest BCUT2D eigenvalue weighted by atomic mass is 35.5. The zero-order chi connectivity index (χ0) is 27.0. The van der Waals surface area contributed by atoms with Crippen molar-refractivity contribution >= 4 is 23.4 Å². The van der Waals surface area contributed by atoms with Gasteiger partial charge in [0.15, 0.2) is 11.5 Å². The van der Waals surface area contributed by atoms with E-state index in [2.05, 4.69) is 15.3 Å². The minimum absolute atomic E-state index is 0.155. The fraction of sp³-hybridized carbons (Fsp3) is 0.360. The van der Waals surface area contributed by atoms with Crippen LogP contribution in [0.25, 0.3) is 5.69 Å². The summed E-state index contributed by atoms with van der Waals surface area (Å²) in [4.78, 5) is 13.4. The van der Waals surface area contributed by atoms with E-state index in [9.17, 15) is 18.0 Å². The lowest BCUT2D eigenvalue weighted by molar-refractivity contribution is -0.0593. The van der Waals surface area contributed by atoms with Crippen molar-refractivity contribution in [2.45, 2.75) is 18.3 Å². The molecule has 0 spiro atoms. The maximum Gasteiger partial charge on any atom is 0.317 e. The number of ether oxygens (including phenoxy) is 1. The monoisotopic (exact) mass is 539 g/mol. The van der Waals surface area contributed by atoms with Gasteiger partial charge >= 0.3 is 12.0 Å². The van der Waals surface area contributed by atoms with Gasteiger partial charge in [-0.2, -0.15) is 13.9 Å². The van der Waals surface area contributed by atoms with Gasteiger partial charge in [-0.15, -0.1) is 0 Å². The molecule has 200 valence electrons. The number of carbonyl (C=O) groups excluding carboxylic acids is 1.